The maximum atomic E-state index is 12.6. The Labute approximate surface area is 122 Å². The second-order valence-electron chi connectivity index (χ2n) is 5.18. The summed E-state index contributed by atoms with van der Waals surface area (Å²) in [5, 5.41) is 5.97. The molecule has 108 valence electrons. The first-order valence-corrected chi connectivity index (χ1v) is 6.99. The van der Waals surface area contributed by atoms with E-state index >= 15 is 0 Å². The second-order valence-corrected chi connectivity index (χ2v) is 5.18. The molecule has 0 atom stereocenters. The molecular formula is C16H18N4O. The summed E-state index contributed by atoms with van der Waals surface area (Å²) in [4.78, 5) is 12.6. The minimum absolute atomic E-state index is 0.0588. The van der Waals surface area contributed by atoms with E-state index < -0.39 is 0 Å². The Balaban J connectivity index is 2.14. The lowest BCUT2D eigenvalue weighted by molar-refractivity contribution is 0.746. The first kappa shape index (κ1) is 13.4. The normalized spacial score (nSPS) is 11.1. The standard InChI is InChI=1S/C16H18N4O/c1-3-14-12(9-19(2)18-14)10-20-15(17)8-11-6-4-5-7-13(11)16(20)21/h4-9H,3,10,17H2,1-2H3. The van der Waals surface area contributed by atoms with Crippen LogP contribution in [0.15, 0.2) is 41.3 Å². The molecule has 2 N–H and O–H groups in total. The van der Waals surface area contributed by atoms with E-state index in [0.717, 1.165) is 23.1 Å². The second kappa shape index (κ2) is 5.09. The lowest BCUT2D eigenvalue weighted by Gasteiger charge is -2.11. The van der Waals surface area contributed by atoms with Crippen molar-refractivity contribution in [2.75, 3.05) is 5.73 Å². The van der Waals surface area contributed by atoms with Crippen molar-refractivity contribution < 1.29 is 0 Å². The zero-order chi connectivity index (χ0) is 15.0. The Hall–Kier alpha value is -2.56. The minimum Gasteiger partial charge on any atom is -0.385 e. The van der Waals surface area contributed by atoms with Gasteiger partial charge in [-0.15, -0.1) is 0 Å². The van der Waals surface area contributed by atoms with Gasteiger partial charge in [0.05, 0.1) is 12.2 Å². The summed E-state index contributed by atoms with van der Waals surface area (Å²) in [7, 11) is 1.88. The van der Waals surface area contributed by atoms with E-state index in [0.29, 0.717) is 17.7 Å². The molecule has 0 spiro atoms. The van der Waals surface area contributed by atoms with Gasteiger partial charge in [-0.25, -0.2) is 0 Å². The molecule has 2 aromatic heterocycles. The molecule has 0 amide bonds. The Bertz CT molecular complexity index is 860. The summed E-state index contributed by atoms with van der Waals surface area (Å²) in [6, 6.07) is 9.35. The highest BCUT2D eigenvalue weighted by Gasteiger charge is 2.11. The molecule has 0 aliphatic heterocycles. The number of rotatable bonds is 3. The maximum absolute atomic E-state index is 12.6. The van der Waals surface area contributed by atoms with Crippen LogP contribution in [0, 0.1) is 0 Å². The van der Waals surface area contributed by atoms with Crippen LogP contribution in [0.5, 0.6) is 0 Å². The molecule has 0 unspecified atom stereocenters. The van der Waals surface area contributed by atoms with E-state index in [9.17, 15) is 4.79 Å². The summed E-state index contributed by atoms with van der Waals surface area (Å²) < 4.78 is 3.38. The van der Waals surface area contributed by atoms with Crippen LogP contribution in [0.1, 0.15) is 18.2 Å². The number of nitrogens with two attached hydrogens (primary N) is 1. The van der Waals surface area contributed by atoms with Gasteiger partial charge in [-0.2, -0.15) is 5.10 Å². The predicted octanol–water partition coefficient (Wildman–Crippen LogP) is 1.93. The molecule has 0 saturated heterocycles. The molecule has 3 aromatic rings. The zero-order valence-electron chi connectivity index (χ0n) is 12.2. The molecule has 0 bridgehead atoms. The number of pyridine rings is 1. The third-order valence-corrected chi connectivity index (χ3v) is 3.71. The van der Waals surface area contributed by atoms with Crippen LogP contribution in [0.4, 0.5) is 5.82 Å². The topological polar surface area (TPSA) is 65.8 Å². The summed E-state index contributed by atoms with van der Waals surface area (Å²) >= 11 is 0. The van der Waals surface area contributed by atoms with E-state index in [2.05, 4.69) is 12.0 Å². The van der Waals surface area contributed by atoms with E-state index in [4.69, 9.17) is 5.73 Å². The molecule has 5 heteroatoms. The van der Waals surface area contributed by atoms with E-state index in [1.165, 1.54) is 0 Å². The largest absolute Gasteiger partial charge is 0.385 e. The summed E-state index contributed by atoms with van der Waals surface area (Å²) in [5.41, 5.74) is 8.04. The quantitative estimate of drug-likeness (QED) is 0.798. The SMILES string of the molecule is CCc1nn(C)cc1Cn1c(N)cc2ccccc2c1=O. The van der Waals surface area contributed by atoms with Crippen LogP contribution in [0.25, 0.3) is 10.8 Å². The molecular weight excluding hydrogens is 264 g/mol. The van der Waals surface area contributed by atoms with Crippen molar-refractivity contribution in [1.29, 1.82) is 0 Å². The van der Waals surface area contributed by atoms with Crippen molar-refractivity contribution in [2.24, 2.45) is 7.05 Å². The van der Waals surface area contributed by atoms with Crippen molar-refractivity contribution >= 4 is 16.6 Å². The fourth-order valence-electron chi connectivity index (χ4n) is 2.66. The monoisotopic (exact) mass is 282 g/mol. The zero-order valence-corrected chi connectivity index (χ0v) is 12.2. The average molecular weight is 282 g/mol. The number of nitrogen functional groups attached to an aromatic ring is 1. The molecule has 3 rings (SSSR count). The summed E-state index contributed by atoms with van der Waals surface area (Å²) in [5.74, 6) is 0.476. The average Bonchev–Trinajstić information content (AvgIpc) is 2.83. The van der Waals surface area contributed by atoms with Gasteiger partial charge in [0.25, 0.3) is 5.56 Å². The smallest absolute Gasteiger partial charge is 0.260 e. The highest BCUT2D eigenvalue weighted by molar-refractivity contribution is 5.83. The van der Waals surface area contributed by atoms with Gasteiger partial charge in [-0.3, -0.25) is 14.0 Å². The van der Waals surface area contributed by atoms with Crippen molar-refractivity contribution in [3.05, 3.63) is 58.1 Å². The van der Waals surface area contributed by atoms with E-state index in [1.54, 1.807) is 9.25 Å². The van der Waals surface area contributed by atoms with Crippen LogP contribution in [-0.2, 0) is 20.0 Å². The molecule has 0 fully saturated rings. The van der Waals surface area contributed by atoms with Crippen LogP contribution < -0.4 is 11.3 Å². The Kier molecular flexibility index (Phi) is 3.25. The van der Waals surface area contributed by atoms with Crippen molar-refractivity contribution in [3.8, 4) is 0 Å². The van der Waals surface area contributed by atoms with Crippen LogP contribution in [0.2, 0.25) is 0 Å². The fourth-order valence-corrected chi connectivity index (χ4v) is 2.66. The minimum atomic E-state index is -0.0588. The van der Waals surface area contributed by atoms with Gasteiger partial charge in [0.2, 0.25) is 0 Å². The maximum Gasteiger partial charge on any atom is 0.260 e. The molecule has 2 heterocycles. The van der Waals surface area contributed by atoms with E-state index in [-0.39, 0.29) is 5.56 Å². The summed E-state index contributed by atoms with van der Waals surface area (Å²) in [6.07, 6.45) is 2.78. The molecule has 0 radical (unpaired) electrons. The Morgan fingerprint density at radius 1 is 1.29 bits per heavy atom. The number of nitrogens with zero attached hydrogens (tertiary/aromatic N) is 3. The van der Waals surface area contributed by atoms with Gasteiger partial charge < -0.3 is 5.73 Å². The van der Waals surface area contributed by atoms with Gasteiger partial charge in [0.1, 0.15) is 5.82 Å². The van der Waals surface area contributed by atoms with Gasteiger partial charge in [-0.05, 0) is 23.9 Å². The van der Waals surface area contributed by atoms with Crippen LogP contribution in [-0.4, -0.2) is 14.3 Å². The van der Waals surface area contributed by atoms with Gasteiger partial charge in [-0.1, -0.05) is 25.1 Å². The Morgan fingerprint density at radius 2 is 2.05 bits per heavy atom. The highest BCUT2D eigenvalue weighted by atomic mass is 16.1. The predicted molar refractivity (Wildman–Crippen MR) is 84.3 cm³/mol. The molecule has 5 nitrogen and oxygen atoms in total. The number of benzene rings is 1. The Morgan fingerprint density at radius 3 is 2.81 bits per heavy atom. The van der Waals surface area contributed by atoms with Crippen LogP contribution in [0.3, 0.4) is 0 Å². The first-order valence-electron chi connectivity index (χ1n) is 6.99. The number of anilines is 1. The molecule has 0 saturated carbocycles. The first-order chi connectivity index (χ1) is 10.1. The molecule has 21 heavy (non-hydrogen) atoms. The number of aryl methyl sites for hydroxylation is 2. The van der Waals surface area contributed by atoms with Crippen molar-refractivity contribution in [2.45, 2.75) is 19.9 Å². The fraction of sp³-hybridized carbons (Fsp3) is 0.250. The molecule has 1 aromatic carbocycles. The van der Waals surface area contributed by atoms with Gasteiger partial charge >= 0.3 is 0 Å². The molecule has 0 aliphatic rings. The van der Waals surface area contributed by atoms with E-state index in [1.807, 2.05) is 43.6 Å². The third-order valence-electron chi connectivity index (χ3n) is 3.71. The number of hydrogen-bond donors (Lipinski definition) is 1. The lowest BCUT2D eigenvalue weighted by Crippen LogP contribution is -2.23. The van der Waals surface area contributed by atoms with Crippen molar-refractivity contribution in [3.63, 3.8) is 0 Å². The number of fused-ring (bicyclic) bond motifs is 1. The van der Waals surface area contributed by atoms with Gasteiger partial charge in [0.15, 0.2) is 0 Å². The lowest BCUT2D eigenvalue weighted by atomic mass is 10.1. The van der Waals surface area contributed by atoms with Crippen molar-refractivity contribution in [1.82, 2.24) is 14.3 Å². The number of hydrogen-bond acceptors (Lipinski definition) is 3. The van der Waals surface area contributed by atoms with Crippen LogP contribution >= 0.6 is 0 Å². The molecule has 0 aliphatic carbocycles. The summed E-state index contributed by atoms with van der Waals surface area (Å²) in [6.45, 7) is 2.50. The highest BCUT2D eigenvalue weighted by Crippen LogP contribution is 2.16. The number of aromatic nitrogens is 3. The third kappa shape index (κ3) is 2.31. The van der Waals surface area contributed by atoms with Gasteiger partial charge in [0, 0.05) is 24.2 Å².